The standard InChI is InChI=1S/C26H27ClN4O4S/c27-23-7-5-22-16-24(8-6-21(22)15-23)36(33,34)31-10-9-30(25(32)18-31)17-19-1-3-20(4-2-19)26(28)29-11-13-35-14-12-29/h1-8,15-16,28H,9-14,17-18H2. The van der Waals surface area contributed by atoms with E-state index in [2.05, 4.69) is 0 Å². The minimum Gasteiger partial charge on any atom is -0.378 e. The van der Waals surface area contributed by atoms with Gasteiger partial charge < -0.3 is 14.5 Å². The van der Waals surface area contributed by atoms with Crippen molar-refractivity contribution < 1.29 is 17.9 Å². The van der Waals surface area contributed by atoms with E-state index in [0.717, 1.165) is 21.9 Å². The monoisotopic (exact) mass is 526 g/mol. The summed E-state index contributed by atoms with van der Waals surface area (Å²) in [5.41, 5.74) is 1.76. The highest BCUT2D eigenvalue weighted by Crippen LogP contribution is 2.25. The summed E-state index contributed by atoms with van der Waals surface area (Å²) in [6, 6.07) is 17.8. The lowest BCUT2D eigenvalue weighted by molar-refractivity contribution is -0.134. The van der Waals surface area contributed by atoms with Gasteiger partial charge in [0, 0.05) is 43.3 Å². The molecule has 0 unspecified atom stereocenters. The first-order valence-electron chi connectivity index (χ1n) is 11.8. The third kappa shape index (κ3) is 5.10. The Labute approximate surface area is 215 Å². The summed E-state index contributed by atoms with van der Waals surface area (Å²) in [6.45, 7) is 3.40. The van der Waals surface area contributed by atoms with Crippen LogP contribution in [-0.2, 0) is 26.1 Å². The first kappa shape index (κ1) is 24.7. The van der Waals surface area contributed by atoms with E-state index in [4.69, 9.17) is 21.7 Å². The first-order valence-corrected chi connectivity index (χ1v) is 13.6. The van der Waals surface area contributed by atoms with Gasteiger partial charge in [-0.15, -0.1) is 0 Å². The minimum atomic E-state index is -3.80. The van der Waals surface area contributed by atoms with Gasteiger partial charge in [0.2, 0.25) is 15.9 Å². The van der Waals surface area contributed by atoms with Crippen molar-refractivity contribution in [2.45, 2.75) is 11.4 Å². The molecule has 2 aliphatic rings. The number of piperazine rings is 1. The molecule has 3 aromatic rings. The predicted octanol–water partition coefficient (Wildman–Crippen LogP) is 3.18. The van der Waals surface area contributed by atoms with Crippen LogP contribution in [0.2, 0.25) is 5.02 Å². The van der Waals surface area contributed by atoms with Crippen molar-refractivity contribution in [1.82, 2.24) is 14.1 Å². The van der Waals surface area contributed by atoms with Crippen LogP contribution in [0, 0.1) is 5.41 Å². The molecule has 0 saturated carbocycles. The fourth-order valence-electron chi connectivity index (χ4n) is 4.52. The summed E-state index contributed by atoms with van der Waals surface area (Å²) in [6.07, 6.45) is 0. The van der Waals surface area contributed by atoms with Crippen molar-refractivity contribution in [1.29, 1.82) is 5.41 Å². The van der Waals surface area contributed by atoms with Gasteiger partial charge in [0.1, 0.15) is 5.84 Å². The molecular formula is C26H27ClN4O4S. The Morgan fingerprint density at radius 3 is 2.33 bits per heavy atom. The number of hydrogen-bond donors (Lipinski definition) is 1. The summed E-state index contributed by atoms with van der Waals surface area (Å²) < 4.78 is 33.1. The number of halogens is 1. The van der Waals surface area contributed by atoms with E-state index in [1.165, 1.54) is 4.31 Å². The quantitative estimate of drug-likeness (QED) is 0.407. The van der Waals surface area contributed by atoms with Crippen molar-refractivity contribution >= 4 is 44.1 Å². The fourth-order valence-corrected chi connectivity index (χ4v) is 6.12. The van der Waals surface area contributed by atoms with Gasteiger partial charge in [-0.2, -0.15) is 4.31 Å². The minimum absolute atomic E-state index is 0.164. The number of ether oxygens (including phenoxy) is 1. The topological polar surface area (TPSA) is 94.0 Å². The second kappa shape index (κ2) is 10.2. The number of amidine groups is 1. The molecule has 2 aliphatic heterocycles. The van der Waals surface area contributed by atoms with Crippen LogP contribution in [0.15, 0.2) is 65.6 Å². The van der Waals surface area contributed by atoms with Gasteiger partial charge in [-0.25, -0.2) is 8.42 Å². The van der Waals surface area contributed by atoms with E-state index in [1.807, 2.05) is 29.2 Å². The smallest absolute Gasteiger partial charge is 0.243 e. The number of rotatable bonds is 5. The van der Waals surface area contributed by atoms with Gasteiger partial charge in [-0.1, -0.05) is 48.0 Å². The van der Waals surface area contributed by atoms with E-state index in [0.29, 0.717) is 50.3 Å². The zero-order chi connectivity index (χ0) is 25.3. The van der Waals surface area contributed by atoms with Gasteiger partial charge in [-0.05, 0) is 40.6 Å². The molecule has 10 heteroatoms. The Balaban J connectivity index is 1.23. The van der Waals surface area contributed by atoms with Crippen LogP contribution < -0.4 is 0 Å². The van der Waals surface area contributed by atoms with Crippen LogP contribution in [0.4, 0.5) is 0 Å². The SMILES string of the molecule is N=C(c1ccc(CN2CCN(S(=O)(=O)c3ccc4cc(Cl)ccc4c3)CC2=O)cc1)N1CCOCC1. The predicted molar refractivity (Wildman–Crippen MR) is 139 cm³/mol. The fraction of sp³-hybridized carbons (Fsp3) is 0.308. The molecule has 2 fully saturated rings. The summed E-state index contributed by atoms with van der Waals surface area (Å²) in [5.74, 6) is 0.235. The van der Waals surface area contributed by atoms with Crippen LogP contribution in [0.3, 0.4) is 0 Å². The maximum absolute atomic E-state index is 13.2. The summed E-state index contributed by atoms with van der Waals surface area (Å²) in [7, 11) is -3.80. The maximum Gasteiger partial charge on any atom is 0.243 e. The third-order valence-electron chi connectivity index (χ3n) is 6.62. The molecule has 0 bridgehead atoms. The van der Waals surface area contributed by atoms with E-state index >= 15 is 0 Å². The second-order valence-corrected chi connectivity index (χ2v) is 11.3. The number of carbonyl (C=O) groups is 1. The molecule has 0 aliphatic carbocycles. The normalized spacial score (nSPS) is 17.5. The molecule has 0 spiro atoms. The van der Waals surface area contributed by atoms with Gasteiger partial charge in [0.25, 0.3) is 0 Å². The Morgan fingerprint density at radius 1 is 0.917 bits per heavy atom. The average Bonchev–Trinajstić information content (AvgIpc) is 2.90. The molecular weight excluding hydrogens is 500 g/mol. The number of fused-ring (bicyclic) bond motifs is 1. The van der Waals surface area contributed by atoms with Crippen LogP contribution in [0.1, 0.15) is 11.1 Å². The number of carbonyl (C=O) groups excluding carboxylic acids is 1. The first-order chi connectivity index (χ1) is 17.3. The zero-order valence-corrected chi connectivity index (χ0v) is 21.3. The molecule has 0 aromatic heterocycles. The van der Waals surface area contributed by atoms with E-state index in [9.17, 15) is 13.2 Å². The molecule has 8 nitrogen and oxygen atoms in total. The summed E-state index contributed by atoms with van der Waals surface area (Å²) >= 11 is 6.03. The van der Waals surface area contributed by atoms with Crippen molar-refractivity contribution in [3.63, 3.8) is 0 Å². The van der Waals surface area contributed by atoms with Gasteiger partial charge in [0.15, 0.2) is 0 Å². The highest BCUT2D eigenvalue weighted by Gasteiger charge is 2.33. The van der Waals surface area contributed by atoms with Gasteiger partial charge in [-0.3, -0.25) is 10.2 Å². The molecule has 1 amide bonds. The molecule has 188 valence electrons. The number of morpholine rings is 1. The Kier molecular flexibility index (Phi) is 6.98. The Morgan fingerprint density at radius 2 is 1.61 bits per heavy atom. The lowest BCUT2D eigenvalue weighted by Crippen LogP contribution is -2.51. The van der Waals surface area contributed by atoms with Crippen LogP contribution in [-0.4, -0.2) is 80.2 Å². The van der Waals surface area contributed by atoms with Crippen LogP contribution >= 0.6 is 11.6 Å². The molecule has 3 aromatic carbocycles. The number of benzene rings is 3. The van der Waals surface area contributed by atoms with Crippen molar-refractivity contribution in [3.05, 3.63) is 76.8 Å². The van der Waals surface area contributed by atoms with E-state index in [-0.39, 0.29) is 23.9 Å². The summed E-state index contributed by atoms with van der Waals surface area (Å²) in [4.78, 5) is 16.7. The van der Waals surface area contributed by atoms with E-state index < -0.39 is 10.0 Å². The molecule has 2 heterocycles. The summed E-state index contributed by atoms with van der Waals surface area (Å²) in [5, 5.41) is 10.6. The molecule has 5 rings (SSSR count). The van der Waals surface area contributed by atoms with E-state index in [1.54, 1.807) is 41.3 Å². The van der Waals surface area contributed by atoms with Crippen molar-refractivity contribution in [2.24, 2.45) is 0 Å². The lowest BCUT2D eigenvalue weighted by Gasteiger charge is -2.33. The number of amides is 1. The molecule has 0 radical (unpaired) electrons. The average molecular weight is 527 g/mol. The van der Waals surface area contributed by atoms with Gasteiger partial charge >= 0.3 is 0 Å². The third-order valence-corrected chi connectivity index (χ3v) is 8.70. The highest BCUT2D eigenvalue weighted by atomic mass is 35.5. The number of sulfonamides is 1. The molecule has 2 saturated heterocycles. The number of nitrogens with one attached hydrogen (secondary N) is 1. The van der Waals surface area contributed by atoms with Crippen molar-refractivity contribution in [2.75, 3.05) is 45.9 Å². The molecule has 0 atom stereocenters. The zero-order valence-electron chi connectivity index (χ0n) is 19.7. The second-order valence-electron chi connectivity index (χ2n) is 8.95. The largest absolute Gasteiger partial charge is 0.378 e. The van der Waals surface area contributed by atoms with Crippen LogP contribution in [0.5, 0.6) is 0 Å². The number of hydrogen-bond acceptors (Lipinski definition) is 5. The molecule has 36 heavy (non-hydrogen) atoms. The Hall–Kier alpha value is -2.98. The molecule has 1 N–H and O–H groups in total. The van der Waals surface area contributed by atoms with Crippen molar-refractivity contribution in [3.8, 4) is 0 Å². The van der Waals surface area contributed by atoms with Gasteiger partial charge in [0.05, 0.1) is 24.7 Å². The Bertz CT molecular complexity index is 1410. The van der Waals surface area contributed by atoms with Crippen LogP contribution in [0.25, 0.3) is 10.8 Å². The highest BCUT2D eigenvalue weighted by molar-refractivity contribution is 7.89. The maximum atomic E-state index is 13.2. The lowest BCUT2D eigenvalue weighted by atomic mass is 10.1. The number of nitrogens with zero attached hydrogens (tertiary/aromatic N) is 3.